The second-order valence-electron chi connectivity index (χ2n) is 7.39. The molecule has 21 heteroatoms. The maximum absolute atomic E-state index is 14.1. The normalized spacial score (nSPS) is 31.2. The molecule has 6 atom stereocenters. The number of aliphatic hydroxyl groups excluding tert-OH is 1. The summed E-state index contributed by atoms with van der Waals surface area (Å²) in [5.74, 6) is 0.0295. The fourth-order valence-corrected chi connectivity index (χ4v) is 6.35. The van der Waals surface area contributed by atoms with Crippen molar-refractivity contribution in [3.63, 3.8) is 0 Å². The summed E-state index contributed by atoms with van der Waals surface area (Å²) in [7, 11) is -15.8. The third-order valence-corrected chi connectivity index (χ3v) is 8.60. The van der Waals surface area contributed by atoms with Gasteiger partial charge in [-0.15, -0.1) is 0 Å². The second kappa shape index (κ2) is 10.2. The van der Waals surface area contributed by atoms with Crippen molar-refractivity contribution >= 4 is 41.8 Å². The molecule has 17 nitrogen and oxygen atoms in total. The Balaban J connectivity index is 2.35. The fraction of sp³-hybridized carbons (Fsp3) is 0.571. The smallest absolute Gasteiger partial charge is 0.387 e. The molecule has 8 N–H and O–H groups in total. The summed E-state index contributed by atoms with van der Waals surface area (Å²) in [5.41, 5.74) is 1.19. The lowest BCUT2D eigenvalue weighted by Gasteiger charge is -2.31. The minimum Gasteiger partial charge on any atom is -0.387 e. The van der Waals surface area contributed by atoms with Crippen LogP contribution in [0.1, 0.15) is 18.7 Å². The Hall–Kier alpha value is -1.36. The van der Waals surface area contributed by atoms with Crippen molar-refractivity contribution in [3.05, 3.63) is 17.8 Å². The van der Waals surface area contributed by atoms with E-state index in [-0.39, 0.29) is 17.2 Å². The third-order valence-electron chi connectivity index (χ3n) is 4.82. The van der Waals surface area contributed by atoms with E-state index >= 15 is 0 Å². The number of hydrogen-bond donors (Lipinski definition) is 7. The van der Waals surface area contributed by atoms with Crippen LogP contribution in [0.5, 0.6) is 0 Å². The number of hydrogen-bond acceptors (Lipinski definition) is 11. The van der Waals surface area contributed by atoms with Gasteiger partial charge in [-0.3, -0.25) is 9.52 Å². The number of phosphoric acid groups is 3. The predicted octanol–water partition coefficient (Wildman–Crippen LogP) is -0.152. The zero-order valence-corrected chi connectivity index (χ0v) is 20.8. The van der Waals surface area contributed by atoms with E-state index in [9.17, 15) is 38.1 Å². The van der Waals surface area contributed by atoms with Crippen molar-refractivity contribution in [2.45, 2.75) is 30.5 Å². The maximum atomic E-state index is 14.1. The molecule has 1 fully saturated rings. The number of ether oxygens (including phenoxy) is 1. The molecule has 2 unspecified atom stereocenters. The molecular weight excluding hydrogens is 544 g/mol. The van der Waals surface area contributed by atoms with Crippen molar-refractivity contribution < 1.29 is 65.8 Å². The summed E-state index contributed by atoms with van der Waals surface area (Å²) in [6, 6.07) is 1.42. The van der Waals surface area contributed by atoms with Crippen LogP contribution in [0.25, 0.3) is 0 Å². The molecule has 1 aliphatic rings. The number of phosphoric ester groups is 1. The number of rotatable bonds is 11. The van der Waals surface area contributed by atoms with Gasteiger partial charge in [0.2, 0.25) is 0 Å². The van der Waals surface area contributed by atoms with Gasteiger partial charge in [0.15, 0.2) is 11.8 Å². The minimum atomic E-state index is -5.84. The lowest BCUT2D eigenvalue weighted by atomic mass is 9.88. The molecule has 0 radical (unpaired) electrons. The molecule has 1 aromatic heterocycles. The highest BCUT2D eigenvalue weighted by atomic mass is 31.3. The number of halogens is 1. The number of aliphatic imine (C=N–C) groups is 2. The molecule has 1 aromatic rings. The Bertz CT molecular complexity index is 1140. The van der Waals surface area contributed by atoms with Crippen LogP contribution in [0.2, 0.25) is 0 Å². The van der Waals surface area contributed by atoms with Gasteiger partial charge in [0.1, 0.15) is 30.0 Å². The van der Waals surface area contributed by atoms with Crippen LogP contribution in [0, 0.1) is 0 Å². The molecule has 0 spiro atoms. The first-order valence-corrected chi connectivity index (χ1v) is 13.7. The second-order valence-corrected chi connectivity index (χ2v) is 11.8. The molecule has 1 aliphatic heterocycles. The van der Waals surface area contributed by atoms with Crippen LogP contribution < -0.4 is 5.73 Å². The number of aromatic nitrogens is 1. The monoisotopic (exact) mass is 568 g/mol. The SMILES string of the molecule is C=Nc1c(C(N)=NC)ccn1[C@@H]1O[C@](CF)(COP(=O)(O)OP(=O)(O)OP(=O)(O)O)[C@@H](O)[C@@]1(C)O. The maximum Gasteiger partial charge on any atom is 0.490 e. The van der Waals surface area contributed by atoms with E-state index in [1.807, 2.05) is 0 Å². The van der Waals surface area contributed by atoms with Crippen LogP contribution in [0.15, 0.2) is 22.2 Å². The summed E-state index contributed by atoms with van der Waals surface area (Å²) in [5, 5.41) is 21.6. The van der Waals surface area contributed by atoms with E-state index in [1.54, 1.807) is 0 Å². The van der Waals surface area contributed by atoms with Gasteiger partial charge in [-0.05, 0) is 19.7 Å². The highest BCUT2D eigenvalue weighted by molar-refractivity contribution is 7.66. The fourth-order valence-electron chi connectivity index (χ4n) is 3.28. The van der Waals surface area contributed by atoms with E-state index in [0.29, 0.717) is 0 Å². The highest BCUT2D eigenvalue weighted by Crippen LogP contribution is 2.66. The van der Waals surface area contributed by atoms with Gasteiger partial charge in [0.05, 0.1) is 12.2 Å². The lowest BCUT2D eigenvalue weighted by molar-refractivity contribution is -0.136. The van der Waals surface area contributed by atoms with Crippen LogP contribution in [0.4, 0.5) is 10.2 Å². The van der Waals surface area contributed by atoms with E-state index in [1.165, 1.54) is 19.3 Å². The third kappa shape index (κ3) is 6.50. The molecule has 0 aromatic carbocycles. The molecule has 2 rings (SSSR count). The number of alkyl halides is 1. The van der Waals surface area contributed by atoms with Crippen molar-refractivity contribution in [1.82, 2.24) is 4.57 Å². The summed E-state index contributed by atoms with van der Waals surface area (Å²) in [6.45, 7) is 1.45. The minimum absolute atomic E-state index is 0.00752. The number of amidine groups is 1. The van der Waals surface area contributed by atoms with Gasteiger partial charge >= 0.3 is 23.5 Å². The molecule has 35 heavy (non-hydrogen) atoms. The van der Waals surface area contributed by atoms with Crippen molar-refractivity contribution in [1.29, 1.82) is 0 Å². The van der Waals surface area contributed by atoms with Crippen LogP contribution >= 0.6 is 23.5 Å². The first kappa shape index (κ1) is 29.9. The number of aliphatic hydroxyl groups is 2. The summed E-state index contributed by atoms with van der Waals surface area (Å²) in [6.07, 6.45) is -2.44. The highest BCUT2D eigenvalue weighted by Gasteiger charge is 2.63. The Labute approximate surface area is 197 Å². The molecule has 200 valence electrons. The van der Waals surface area contributed by atoms with Gasteiger partial charge in [-0.2, -0.15) is 8.62 Å². The number of nitrogens with zero attached hydrogens (tertiary/aromatic N) is 3. The quantitative estimate of drug-likeness (QED) is 0.104. The Morgan fingerprint density at radius 2 is 1.89 bits per heavy atom. The zero-order chi connectivity index (χ0) is 27.0. The van der Waals surface area contributed by atoms with Gasteiger partial charge in [0, 0.05) is 13.2 Å². The van der Waals surface area contributed by atoms with E-state index in [2.05, 4.69) is 29.8 Å². The summed E-state index contributed by atoms with van der Waals surface area (Å²) < 4.78 is 66.6. The largest absolute Gasteiger partial charge is 0.490 e. The molecule has 1 saturated heterocycles. The van der Waals surface area contributed by atoms with E-state index in [0.717, 1.165) is 11.5 Å². The average Bonchev–Trinajstić information content (AvgIpc) is 3.21. The average molecular weight is 568 g/mol. The van der Waals surface area contributed by atoms with Crippen molar-refractivity contribution in [3.8, 4) is 0 Å². The van der Waals surface area contributed by atoms with Crippen molar-refractivity contribution in [2.24, 2.45) is 15.7 Å². The van der Waals surface area contributed by atoms with Gasteiger partial charge in [-0.25, -0.2) is 23.1 Å². The van der Waals surface area contributed by atoms with Crippen LogP contribution in [-0.2, 0) is 31.6 Å². The van der Waals surface area contributed by atoms with E-state index < -0.39 is 60.3 Å². The first-order chi connectivity index (χ1) is 15.8. The standard InChI is InChI=1S/C14H24FN4O13P3/c1-13(21)11(20)14(6-15,7-29-34(25,26)32-35(27,28)31-33(22,23)24)30-12(13)19-5-4-8(9(16)17-2)10(19)18-3/h4-5,11-12,20-21H,3,6-7H2,1-2H3,(H2,16,17)(H,25,26)(H,27,28)(H2,22,23,24)/t11-,12+,13+,14+/m0/s1. The summed E-state index contributed by atoms with van der Waals surface area (Å²) >= 11 is 0. The summed E-state index contributed by atoms with van der Waals surface area (Å²) in [4.78, 5) is 43.6. The lowest BCUT2D eigenvalue weighted by Crippen LogP contribution is -2.53. The van der Waals surface area contributed by atoms with E-state index in [4.69, 9.17) is 20.3 Å². The molecule has 0 saturated carbocycles. The topological polar surface area (TPSA) is 265 Å². The Morgan fingerprint density at radius 3 is 2.37 bits per heavy atom. The number of nitrogens with two attached hydrogens (primary N) is 1. The molecular formula is C14H24FN4O13P3. The van der Waals surface area contributed by atoms with Gasteiger partial charge < -0.3 is 44.8 Å². The Kier molecular flexibility index (Phi) is 8.69. The van der Waals surface area contributed by atoms with Crippen molar-refractivity contribution in [2.75, 3.05) is 20.3 Å². The van der Waals surface area contributed by atoms with Gasteiger partial charge in [0.25, 0.3) is 0 Å². The van der Waals surface area contributed by atoms with Gasteiger partial charge in [-0.1, -0.05) is 0 Å². The van der Waals surface area contributed by atoms with Crippen LogP contribution in [0.3, 0.4) is 0 Å². The Morgan fingerprint density at radius 1 is 1.29 bits per heavy atom. The zero-order valence-electron chi connectivity index (χ0n) is 18.1. The molecule has 0 aliphatic carbocycles. The predicted molar refractivity (Wildman–Crippen MR) is 116 cm³/mol. The molecule has 0 bridgehead atoms. The first-order valence-electron chi connectivity index (χ1n) is 9.17. The molecule has 2 heterocycles. The van der Waals surface area contributed by atoms with Crippen LogP contribution in [-0.4, -0.2) is 84.5 Å². The molecule has 0 amide bonds.